The van der Waals surface area contributed by atoms with E-state index in [9.17, 15) is 13.2 Å². The van der Waals surface area contributed by atoms with E-state index in [1.807, 2.05) is 0 Å². The van der Waals surface area contributed by atoms with Crippen LogP contribution in [0.25, 0.3) is 0 Å². The molecule has 0 saturated heterocycles. The Morgan fingerprint density at radius 1 is 1.39 bits per heavy atom. The van der Waals surface area contributed by atoms with Gasteiger partial charge < -0.3 is 5.11 Å². The highest BCUT2D eigenvalue weighted by Gasteiger charge is 2.25. The predicted octanol–water partition coefficient (Wildman–Crippen LogP) is 1.31. The van der Waals surface area contributed by atoms with Crippen molar-refractivity contribution in [2.24, 2.45) is 0 Å². The topological polar surface area (TPSA) is 83.5 Å². The van der Waals surface area contributed by atoms with Gasteiger partial charge >= 0.3 is 5.97 Å². The molecule has 98 valence electrons. The molecule has 6 heteroatoms. The summed E-state index contributed by atoms with van der Waals surface area (Å²) in [6, 6.07) is 6.86. The Balaban J connectivity index is 2.96. The van der Waals surface area contributed by atoms with Gasteiger partial charge in [0, 0.05) is 0 Å². The molecule has 2 N–H and O–H groups in total. The minimum Gasteiger partial charge on any atom is -0.480 e. The first-order chi connectivity index (χ1) is 8.32. The van der Waals surface area contributed by atoms with Crippen molar-refractivity contribution in [3.8, 4) is 0 Å². The van der Waals surface area contributed by atoms with Gasteiger partial charge in [-0.25, -0.2) is 8.42 Å². The second-order valence-electron chi connectivity index (χ2n) is 4.02. The second kappa shape index (κ2) is 5.79. The van der Waals surface area contributed by atoms with Crippen molar-refractivity contribution in [2.75, 3.05) is 5.75 Å². The standard InChI is InChI=1S/C12H15NO4S/c1-9(2)8-18(16,17)13-11(12(14)15)10-6-4-3-5-7-10/h3-7,11,13H,1,8H2,2H3,(H,14,15)/t11-/m1/s1. The van der Waals surface area contributed by atoms with Crippen LogP contribution in [0.2, 0.25) is 0 Å². The molecule has 0 fully saturated rings. The second-order valence-corrected chi connectivity index (χ2v) is 5.77. The average Bonchev–Trinajstić information content (AvgIpc) is 2.25. The number of carbonyl (C=O) groups is 1. The number of benzene rings is 1. The maximum atomic E-state index is 11.7. The van der Waals surface area contributed by atoms with E-state index in [1.165, 1.54) is 0 Å². The Bertz CT molecular complexity index is 536. The number of carboxylic acid groups (broad SMARTS) is 1. The molecular formula is C12H15NO4S. The van der Waals surface area contributed by atoms with Crippen molar-refractivity contribution in [1.29, 1.82) is 0 Å². The zero-order chi connectivity index (χ0) is 13.8. The minimum atomic E-state index is -3.70. The molecule has 0 unspecified atom stereocenters. The molecule has 0 amide bonds. The van der Waals surface area contributed by atoms with Crippen molar-refractivity contribution in [1.82, 2.24) is 4.72 Å². The van der Waals surface area contributed by atoms with Gasteiger partial charge in [-0.3, -0.25) is 4.79 Å². The summed E-state index contributed by atoms with van der Waals surface area (Å²) in [6.07, 6.45) is 0. The Hall–Kier alpha value is -1.66. The largest absolute Gasteiger partial charge is 0.480 e. The first kappa shape index (κ1) is 14.4. The third kappa shape index (κ3) is 4.31. The van der Waals surface area contributed by atoms with E-state index in [-0.39, 0.29) is 5.75 Å². The van der Waals surface area contributed by atoms with Crippen LogP contribution in [-0.4, -0.2) is 25.2 Å². The normalized spacial score (nSPS) is 12.9. The van der Waals surface area contributed by atoms with Crippen LogP contribution in [0.3, 0.4) is 0 Å². The van der Waals surface area contributed by atoms with E-state index in [0.29, 0.717) is 11.1 Å². The fourth-order valence-electron chi connectivity index (χ4n) is 1.45. The molecule has 0 spiro atoms. The maximum absolute atomic E-state index is 11.7. The third-order valence-corrected chi connectivity index (χ3v) is 3.58. The molecule has 0 heterocycles. The van der Waals surface area contributed by atoms with E-state index in [4.69, 9.17) is 5.11 Å². The lowest BCUT2D eigenvalue weighted by Crippen LogP contribution is -2.35. The van der Waals surface area contributed by atoms with Gasteiger partial charge in [0.05, 0.1) is 5.75 Å². The number of rotatable bonds is 6. The van der Waals surface area contributed by atoms with Crippen molar-refractivity contribution >= 4 is 16.0 Å². The zero-order valence-corrected chi connectivity index (χ0v) is 10.8. The Morgan fingerprint density at radius 3 is 2.39 bits per heavy atom. The Morgan fingerprint density at radius 2 is 1.94 bits per heavy atom. The average molecular weight is 269 g/mol. The lowest BCUT2D eigenvalue weighted by Gasteiger charge is -2.15. The van der Waals surface area contributed by atoms with Gasteiger partial charge in [0.15, 0.2) is 0 Å². The van der Waals surface area contributed by atoms with Crippen LogP contribution in [0.4, 0.5) is 0 Å². The molecule has 0 aliphatic heterocycles. The molecule has 1 aromatic rings. The molecule has 1 aromatic carbocycles. The van der Waals surface area contributed by atoms with Crippen LogP contribution < -0.4 is 4.72 Å². The first-order valence-corrected chi connectivity index (χ1v) is 6.89. The summed E-state index contributed by atoms with van der Waals surface area (Å²) < 4.78 is 25.5. The van der Waals surface area contributed by atoms with E-state index >= 15 is 0 Å². The van der Waals surface area contributed by atoms with Gasteiger partial charge in [-0.15, -0.1) is 0 Å². The molecule has 18 heavy (non-hydrogen) atoms. The monoisotopic (exact) mass is 269 g/mol. The number of sulfonamides is 1. The van der Waals surface area contributed by atoms with Crippen molar-refractivity contribution in [3.05, 3.63) is 48.0 Å². The SMILES string of the molecule is C=C(C)CS(=O)(=O)N[C@@H](C(=O)O)c1ccccc1. The fourth-order valence-corrected chi connectivity index (χ4v) is 2.78. The van der Waals surface area contributed by atoms with Gasteiger partial charge in [0.2, 0.25) is 10.0 Å². The number of carboxylic acids is 1. The van der Waals surface area contributed by atoms with Gasteiger partial charge in [-0.1, -0.05) is 42.5 Å². The van der Waals surface area contributed by atoms with Crippen molar-refractivity contribution in [3.63, 3.8) is 0 Å². The van der Waals surface area contributed by atoms with Crippen LogP contribution in [-0.2, 0) is 14.8 Å². The van der Waals surface area contributed by atoms with E-state index in [0.717, 1.165) is 0 Å². The minimum absolute atomic E-state index is 0.288. The number of hydrogen-bond donors (Lipinski definition) is 2. The van der Waals surface area contributed by atoms with Gasteiger partial charge in [-0.05, 0) is 12.5 Å². The summed E-state index contributed by atoms with van der Waals surface area (Å²) >= 11 is 0. The summed E-state index contributed by atoms with van der Waals surface area (Å²) in [5, 5.41) is 9.07. The van der Waals surface area contributed by atoms with E-state index < -0.39 is 22.0 Å². The summed E-state index contributed by atoms with van der Waals surface area (Å²) in [4.78, 5) is 11.1. The van der Waals surface area contributed by atoms with Crippen molar-refractivity contribution in [2.45, 2.75) is 13.0 Å². The van der Waals surface area contributed by atoms with Crippen LogP contribution in [0.1, 0.15) is 18.5 Å². The predicted molar refractivity (Wildman–Crippen MR) is 68.6 cm³/mol. The van der Waals surface area contributed by atoms with Crippen LogP contribution in [0.5, 0.6) is 0 Å². The molecule has 0 aromatic heterocycles. The van der Waals surface area contributed by atoms with Crippen molar-refractivity contribution < 1.29 is 18.3 Å². The lowest BCUT2D eigenvalue weighted by molar-refractivity contribution is -0.139. The van der Waals surface area contributed by atoms with E-state index in [2.05, 4.69) is 11.3 Å². The Kier molecular flexibility index (Phi) is 4.63. The highest BCUT2D eigenvalue weighted by molar-refractivity contribution is 7.89. The summed E-state index contributed by atoms with van der Waals surface area (Å²) in [7, 11) is -3.70. The lowest BCUT2D eigenvalue weighted by atomic mass is 10.1. The molecule has 0 aliphatic rings. The Labute approximate surface area is 106 Å². The first-order valence-electron chi connectivity index (χ1n) is 5.24. The van der Waals surface area contributed by atoms with Crippen LogP contribution in [0.15, 0.2) is 42.5 Å². The molecule has 0 radical (unpaired) electrons. The smallest absolute Gasteiger partial charge is 0.326 e. The maximum Gasteiger partial charge on any atom is 0.326 e. The van der Waals surface area contributed by atoms with Crippen LogP contribution >= 0.6 is 0 Å². The van der Waals surface area contributed by atoms with Gasteiger partial charge in [-0.2, -0.15) is 4.72 Å². The quantitative estimate of drug-likeness (QED) is 0.763. The molecule has 0 saturated carbocycles. The third-order valence-electron chi connectivity index (χ3n) is 2.11. The summed E-state index contributed by atoms with van der Waals surface area (Å²) in [5.41, 5.74) is 0.829. The molecule has 1 rings (SSSR count). The molecule has 1 atom stereocenters. The highest BCUT2D eigenvalue weighted by Crippen LogP contribution is 2.14. The number of nitrogens with one attached hydrogen (secondary N) is 1. The molecular weight excluding hydrogens is 254 g/mol. The summed E-state index contributed by atoms with van der Waals surface area (Å²) in [5.74, 6) is -1.53. The van der Waals surface area contributed by atoms with Gasteiger partial charge in [0.1, 0.15) is 6.04 Å². The highest BCUT2D eigenvalue weighted by atomic mass is 32.2. The zero-order valence-electron chi connectivity index (χ0n) is 9.96. The number of aliphatic carboxylic acids is 1. The van der Waals surface area contributed by atoms with Crippen LogP contribution in [0, 0.1) is 0 Å². The molecule has 5 nitrogen and oxygen atoms in total. The van der Waals surface area contributed by atoms with Gasteiger partial charge in [0.25, 0.3) is 0 Å². The van der Waals surface area contributed by atoms with E-state index in [1.54, 1.807) is 37.3 Å². The molecule has 0 aliphatic carbocycles. The fraction of sp³-hybridized carbons (Fsp3) is 0.250. The number of hydrogen-bond acceptors (Lipinski definition) is 3. The molecule has 0 bridgehead atoms. The summed E-state index contributed by atoms with van der Waals surface area (Å²) in [6.45, 7) is 5.07.